The molecule has 0 saturated carbocycles. The molecule has 6 nitrogen and oxygen atoms in total. The van der Waals surface area contributed by atoms with E-state index in [-0.39, 0.29) is 0 Å². The highest BCUT2D eigenvalue weighted by molar-refractivity contribution is 5.91. The first-order valence-electron chi connectivity index (χ1n) is 12.5. The molecule has 0 bridgehead atoms. The van der Waals surface area contributed by atoms with Gasteiger partial charge < -0.3 is 19.9 Å². The number of H-pyrrole nitrogens is 1. The molecule has 0 aliphatic carbocycles. The number of hydrogen-bond acceptors (Lipinski definition) is 5. The number of aliphatic hydroxyl groups excluding tert-OH is 1. The monoisotopic (exact) mass is 467 g/mol. The highest BCUT2D eigenvalue weighted by Gasteiger charge is 2.31. The first kappa shape index (κ1) is 22.4. The Morgan fingerprint density at radius 3 is 2.60 bits per heavy atom. The van der Waals surface area contributed by atoms with Crippen LogP contribution in [0.25, 0.3) is 33.5 Å². The third kappa shape index (κ3) is 3.96. The summed E-state index contributed by atoms with van der Waals surface area (Å²) in [7, 11) is 4.27. The first-order valence-corrected chi connectivity index (χ1v) is 12.5. The molecule has 1 fully saturated rings. The van der Waals surface area contributed by atoms with E-state index in [0.29, 0.717) is 5.92 Å². The second-order valence-corrected chi connectivity index (χ2v) is 10.6. The van der Waals surface area contributed by atoms with Gasteiger partial charge in [-0.2, -0.15) is 0 Å². The summed E-state index contributed by atoms with van der Waals surface area (Å²) in [5, 5.41) is 10.9. The van der Waals surface area contributed by atoms with Gasteiger partial charge in [0, 0.05) is 49.4 Å². The van der Waals surface area contributed by atoms with E-state index in [2.05, 4.69) is 73.1 Å². The Morgan fingerprint density at radius 2 is 1.83 bits per heavy atom. The van der Waals surface area contributed by atoms with E-state index in [1.165, 1.54) is 16.7 Å². The Morgan fingerprint density at radius 1 is 1.03 bits per heavy atom. The number of aromatic nitrogens is 3. The van der Waals surface area contributed by atoms with Crippen LogP contribution in [0.15, 0.2) is 42.7 Å². The van der Waals surface area contributed by atoms with Crippen molar-refractivity contribution in [1.29, 1.82) is 0 Å². The van der Waals surface area contributed by atoms with E-state index in [4.69, 9.17) is 9.97 Å². The van der Waals surface area contributed by atoms with Crippen LogP contribution in [0, 0.1) is 19.8 Å². The van der Waals surface area contributed by atoms with Gasteiger partial charge >= 0.3 is 0 Å². The van der Waals surface area contributed by atoms with Gasteiger partial charge in [-0.1, -0.05) is 18.2 Å². The number of nitrogens with one attached hydrogen (secondary N) is 1. The van der Waals surface area contributed by atoms with Crippen LogP contribution < -0.4 is 0 Å². The van der Waals surface area contributed by atoms with Crippen molar-refractivity contribution in [1.82, 2.24) is 24.8 Å². The van der Waals surface area contributed by atoms with Crippen molar-refractivity contribution in [2.75, 3.05) is 33.7 Å². The molecule has 2 aromatic heterocycles. The summed E-state index contributed by atoms with van der Waals surface area (Å²) in [6.45, 7) is 8.27. The molecule has 0 amide bonds. The molecular formula is C29H33N5O. The first-order chi connectivity index (χ1) is 16.9. The van der Waals surface area contributed by atoms with Gasteiger partial charge in [-0.25, -0.2) is 9.97 Å². The number of rotatable bonds is 4. The summed E-state index contributed by atoms with van der Waals surface area (Å²) >= 11 is 0. The van der Waals surface area contributed by atoms with Gasteiger partial charge in [-0.05, 0) is 79.9 Å². The van der Waals surface area contributed by atoms with Gasteiger partial charge in [0.2, 0.25) is 0 Å². The highest BCUT2D eigenvalue weighted by atomic mass is 16.3. The lowest BCUT2D eigenvalue weighted by molar-refractivity contribution is 0.00868. The SMILES string of the molecule is Cc1cc(-c2c[nH]c3ncc(-c4cc(C)c5c(c4)CN(C)CC5)nc23)ccc1[C@@H](O)C1CN(C)C1. The number of hydrogen-bond donors (Lipinski definition) is 2. The summed E-state index contributed by atoms with van der Waals surface area (Å²) in [6, 6.07) is 10.9. The van der Waals surface area contributed by atoms with Crippen LogP contribution in [0.4, 0.5) is 0 Å². The normalized spacial score (nSPS) is 18.0. The van der Waals surface area contributed by atoms with Gasteiger partial charge in [0.05, 0.1) is 18.0 Å². The molecule has 1 saturated heterocycles. The molecule has 35 heavy (non-hydrogen) atoms. The lowest BCUT2D eigenvalue weighted by atomic mass is 9.87. The van der Waals surface area contributed by atoms with Crippen LogP contribution in [-0.2, 0) is 13.0 Å². The van der Waals surface area contributed by atoms with Crippen LogP contribution in [0.5, 0.6) is 0 Å². The molecule has 2 aliphatic rings. The highest BCUT2D eigenvalue weighted by Crippen LogP contribution is 2.35. The maximum Gasteiger partial charge on any atom is 0.156 e. The predicted molar refractivity (Wildman–Crippen MR) is 140 cm³/mol. The lowest BCUT2D eigenvalue weighted by Gasteiger charge is -2.39. The van der Waals surface area contributed by atoms with Crippen molar-refractivity contribution in [2.24, 2.45) is 5.92 Å². The van der Waals surface area contributed by atoms with Gasteiger partial charge in [-0.3, -0.25) is 0 Å². The molecule has 0 unspecified atom stereocenters. The fraction of sp³-hybridized carbons (Fsp3) is 0.379. The van der Waals surface area contributed by atoms with Crippen LogP contribution >= 0.6 is 0 Å². The summed E-state index contributed by atoms with van der Waals surface area (Å²) in [4.78, 5) is 17.7. The molecule has 180 valence electrons. The molecule has 1 atom stereocenters. The molecule has 6 heteroatoms. The topological polar surface area (TPSA) is 68.3 Å². The van der Waals surface area contributed by atoms with Crippen LogP contribution in [0.2, 0.25) is 0 Å². The second-order valence-electron chi connectivity index (χ2n) is 10.6. The lowest BCUT2D eigenvalue weighted by Crippen LogP contribution is -2.46. The van der Waals surface area contributed by atoms with E-state index >= 15 is 0 Å². The molecule has 4 heterocycles. The molecule has 2 aliphatic heterocycles. The third-order valence-electron chi connectivity index (χ3n) is 7.86. The minimum atomic E-state index is -0.416. The Kier molecular flexibility index (Phi) is 5.48. The van der Waals surface area contributed by atoms with Crippen molar-refractivity contribution in [3.8, 4) is 22.4 Å². The average Bonchev–Trinajstić information content (AvgIpc) is 3.24. The number of aromatic amines is 1. The van der Waals surface area contributed by atoms with Crippen LogP contribution in [0.1, 0.15) is 33.9 Å². The Balaban J connectivity index is 1.36. The Bertz CT molecular complexity index is 1420. The fourth-order valence-corrected chi connectivity index (χ4v) is 5.84. The van der Waals surface area contributed by atoms with Crippen LogP contribution in [0.3, 0.4) is 0 Å². The Labute approximate surface area is 206 Å². The number of likely N-dealkylation sites (tertiary alicyclic amines) is 1. The summed E-state index contributed by atoms with van der Waals surface area (Å²) in [6.07, 6.45) is 4.55. The largest absolute Gasteiger partial charge is 0.388 e. The van der Waals surface area contributed by atoms with Crippen LogP contribution in [-0.4, -0.2) is 63.6 Å². The zero-order valence-electron chi connectivity index (χ0n) is 21.0. The minimum absolute atomic E-state index is 0.311. The van der Waals surface area contributed by atoms with E-state index in [9.17, 15) is 5.11 Å². The summed E-state index contributed by atoms with van der Waals surface area (Å²) in [5.41, 5.74) is 12.2. The van der Waals surface area contributed by atoms with Crippen molar-refractivity contribution >= 4 is 11.2 Å². The predicted octanol–water partition coefficient (Wildman–Crippen LogP) is 4.49. The number of nitrogens with zero attached hydrogens (tertiary/aromatic N) is 4. The zero-order chi connectivity index (χ0) is 24.3. The van der Waals surface area contributed by atoms with Gasteiger partial charge in [0.25, 0.3) is 0 Å². The zero-order valence-corrected chi connectivity index (χ0v) is 21.0. The molecule has 6 rings (SSSR count). The van der Waals surface area contributed by atoms with Crippen molar-refractivity contribution in [2.45, 2.75) is 32.9 Å². The number of benzene rings is 2. The molecule has 4 aromatic rings. The van der Waals surface area contributed by atoms with Crippen molar-refractivity contribution < 1.29 is 5.11 Å². The number of aryl methyl sites for hydroxylation is 2. The molecule has 2 N–H and O–H groups in total. The van der Waals surface area contributed by atoms with E-state index in [1.54, 1.807) is 0 Å². The molecular weight excluding hydrogens is 434 g/mol. The fourth-order valence-electron chi connectivity index (χ4n) is 5.84. The van der Waals surface area contributed by atoms with E-state index < -0.39 is 6.10 Å². The molecule has 2 aromatic carbocycles. The number of likely N-dealkylation sites (N-methyl/N-ethyl adjacent to an activating group) is 1. The van der Waals surface area contributed by atoms with Gasteiger partial charge in [0.1, 0.15) is 5.52 Å². The minimum Gasteiger partial charge on any atom is -0.388 e. The summed E-state index contributed by atoms with van der Waals surface area (Å²) in [5.74, 6) is 0.311. The average molecular weight is 468 g/mol. The van der Waals surface area contributed by atoms with Gasteiger partial charge in [-0.15, -0.1) is 0 Å². The third-order valence-corrected chi connectivity index (χ3v) is 7.86. The maximum atomic E-state index is 10.9. The molecule has 0 radical (unpaired) electrons. The van der Waals surface area contributed by atoms with E-state index in [1.807, 2.05) is 12.4 Å². The Hall–Kier alpha value is -3.06. The quantitative estimate of drug-likeness (QED) is 0.463. The number of aliphatic hydroxyl groups is 1. The van der Waals surface area contributed by atoms with Gasteiger partial charge in [0.15, 0.2) is 5.65 Å². The molecule has 0 spiro atoms. The standard InChI is InChI=1S/C29H33N5O/c1-17-10-20(11-21-14-33(3)8-7-23(17)21)26-13-31-29-27(32-26)25(12-30-29)19-5-6-24(18(2)9-19)28(35)22-15-34(4)16-22/h5-6,9-13,22,28,35H,7-8,14-16H2,1-4H3,(H,30,31)/t28-/m0/s1. The maximum absolute atomic E-state index is 10.9. The van der Waals surface area contributed by atoms with E-state index in [0.717, 1.165) is 77.3 Å². The van der Waals surface area contributed by atoms with Crippen molar-refractivity contribution in [3.63, 3.8) is 0 Å². The smallest absolute Gasteiger partial charge is 0.156 e. The second kappa shape index (κ2) is 8.55. The summed E-state index contributed by atoms with van der Waals surface area (Å²) < 4.78 is 0. The number of fused-ring (bicyclic) bond motifs is 2. The van der Waals surface area contributed by atoms with Crippen molar-refractivity contribution in [3.05, 3.63) is 70.5 Å².